The molecule has 0 aliphatic carbocycles. The average Bonchev–Trinajstić information content (AvgIpc) is 2.94. The SMILES string of the molecule is CN(C)CCOC(=O)c1c2ccc(OS(=O)(=O)C(F)(F)F)cc2n2ccccc12. The highest BCUT2D eigenvalue weighted by atomic mass is 32.2. The third kappa shape index (κ3) is 4.15. The second-order valence-corrected chi connectivity index (χ2v) is 7.97. The van der Waals surface area contributed by atoms with E-state index in [1.165, 1.54) is 6.07 Å². The monoisotopic (exact) mass is 430 g/mol. The zero-order valence-electron chi connectivity index (χ0n) is 15.4. The van der Waals surface area contributed by atoms with Crippen molar-refractivity contribution in [1.29, 1.82) is 0 Å². The van der Waals surface area contributed by atoms with Crippen LogP contribution in [0.2, 0.25) is 0 Å². The van der Waals surface area contributed by atoms with Gasteiger partial charge in [-0.15, -0.1) is 0 Å². The Labute approximate surface area is 164 Å². The largest absolute Gasteiger partial charge is 0.534 e. The first-order valence-electron chi connectivity index (χ1n) is 8.36. The molecule has 0 aliphatic rings. The summed E-state index contributed by atoms with van der Waals surface area (Å²) in [5, 5.41) is 0.391. The van der Waals surface area contributed by atoms with Crippen molar-refractivity contribution >= 4 is 32.5 Å². The van der Waals surface area contributed by atoms with E-state index in [4.69, 9.17) is 4.74 Å². The van der Waals surface area contributed by atoms with E-state index in [0.29, 0.717) is 23.0 Å². The Morgan fingerprint density at radius 1 is 1.14 bits per heavy atom. The zero-order chi connectivity index (χ0) is 21.4. The highest BCUT2D eigenvalue weighted by Crippen LogP contribution is 2.32. The van der Waals surface area contributed by atoms with Crippen molar-refractivity contribution in [3.63, 3.8) is 0 Å². The lowest BCUT2D eigenvalue weighted by Crippen LogP contribution is -2.28. The van der Waals surface area contributed by atoms with Gasteiger partial charge in [-0.05, 0) is 38.4 Å². The topological polar surface area (TPSA) is 77.3 Å². The predicted molar refractivity (Wildman–Crippen MR) is 99.3 cm³/mol. The number of aromatic nitrogens is 1. The summed E-state index contributed by atoms with van der Waals surface area (Å²) in [6, 6.07) is 8.51. The molecule has 3 aromatic rings. The standard InChI is InChI=1S/C18H17F3N2O5S/c1-22(2)9-10-27-17(24)16-13-7-6-12(28-29(25,26)18(19,20)21)11-15(13)23-8-4-3-5-14(16)23/h3-8,11H,9-10H2,1-2H3. The van der Waals surface area contributed by atoms with E-state index in [1.807, 2.05) is 19.0 Å². The van der Waals surface area contributed by atoms with Gasteiger partial charge in [0.25, 0.3) is 0 Å². The lowest BCUT2D eigenvalue weighted by Gasteiger charge is -2.10. The van der Waals surface area contributed by atoms with Crippen LogP contribution in [0.1, 0.15) is 10.4 Å². The molecule has 0 saturated heterocycles. The Hall–Kier alpha value is -2.79. The molecule has 0 spiro atoms. The third-order valence-corrected chi connectivity index (χ3v) is 5.06. The van der Waals surface area contributed by atoms with Crippen LogP contribution in [0, 0.1) is 0 Å². The number of benzene rings is 1. The highest BCUT2D eigenvalue weighted by Gasteiger charge is 2.48. The summed E-state index contributed by atoms with van der Waals surface area (Å²) in [4.78, 5) is 14.5. The fourth-order valence-corrected chi connectivity index (χ4v) is 3.20. The second-order valence-electron chi connectivity index (χ2n) is 6.43. The van der Waals surface area contributed by atoms with E-state index in [9.17, 15) is 26.4 Å². The summed E-state index contributed by atoms with van der Waals surface area (Å²) in [7, 11) is -2.15. The Kier molecular flexibility index (Phi) is 5.46. The van der Waals surface area contributed by atoms with Gasteiger partial charge in [0.1, 0.15) is 12.4 Å². The number of carbonyl (C=O) groups is 1. The quantitative estimate of drug-likeness (QED) is 0.340. The Bertz CT molecular complexity index is 1170. The molecule has 1 aromatic carbocycles. The molecule has 0 unspecified atom stereocenters. The van der Waals surface area contributed by atoms with Crippen LogP contribution in [0.4, 0.5) is 13.2 Å². The number of hydrogen-bond donors (Lipinski definition) is 0. The second kappa shape index (κ2) is 7.56. The number of esters is 1. The summed E-state index contributed by atoms with van der Waals surface area (Å²) >= 11 is 0. The van der Waals surface area contributed by atoms with E-state index >= 15 is 0 Å². The molecule has 0 atom stereocenters. The van der Waals surface area contributed by atoms with Crippen LogP contribution >= 0.6 is 0 Å². The average molecular weight is 430 g/mol. The number of alkyl halides is 3. The van der Waals surface area contributed by atoms with Gasteiger partial charge in [0.15, 0.2) is 0 Å². The van der Waals surface area contributed by atoms with E-state index in [1.54, 1.807) is 28.8 Å². The first-order valence-corrected chi connectivity index (χ1v) is 9.77. The maximum atomic E-state index is 12.6. The molecule has 0 fully saturated rings. The molecule has 0 N–H and O–H groups in total. The Morgan fingerprint density at radius 3 is 2.52 bits per heavy atom. The van der Waals surface area contributed by atoms with E-state index in [0.717, 1.165) is 12.1 Å². The molecule has 0 aliphatic heterocycles. The highest BCUT2D eigenvalue weighted by molar-refractivity contribution is 7.88. The number of pyridine rings is 1. The molecule has 0 saturated carbocycles. The number of fused-ring (bicyclic) bond motifs is 3. The number of rotatable bonds is 6. The van der Waals surface area contributed by atoms with Crippen molar-refractivity contribution in [1.82, 2.24) is 9.30 Å². The van der Waals surface area contributed by atoms with Crippen LogP contribution in [-0.2, 0) is 14.9 Å². The first-order chi connectivity index (χ1) is 13.5. The molecule has 156 valence electrons. The van der Waals surface area contributed by atoms with Gasteiger partial charge in [0.05, 0.1) is 16.6 Å². The van der Waals surface area contributed by atoms with Gasteiger partial charge in [-0.25, -0.2) is 4.79 Å². The summed E-state index contributed by atoms with van der Waals surface area (Å²) in [6.45, 7) is 0.672. The van der Waals surface area contributed by atoms with Gasteiger partial charge < -0.3 is 18.2 Å². The smallest absolute Gasteiger partial charge is 0.461 e. The number of halogens is 3. The van der Waals surface area contributed by atoms with Crippen LogP contribution in [0.5, 0.6) is 5.75 Å². The van der Waals surface area contributed by atoms with Gasteiger partial charge in [-0.1, -0.05) is 6.07 Å². The van der Waals surface area contributed by atoms with Crippen molar-refractivity contribution in [2.75, 3.05) is 27.2 Å². The maximum absolute atomic E-state index is 12.6. The molecular formula is C18H17F3N2O5S. The van der Waals surface area contributed by atoms with E-state index < -0.39 is 27.3 Å². The minimum atomic E-state index is -5.81. The molecule has 0 bridgehead atoms. The fraction of sp³-hybridized carbons (Fsp3) is 0.278. The fourth-order valence-electron chi connectivity index (χ4n) is 2.75. The van der Waals surface area contributed by atoms with Crippen molar-refractivity contribution in [2.24, 2.45) is 0 Å². The molecular weight excluding hydrogens is 413 g/mol. The molecule has 29 heavy (non-hydrogen) atoms. The number of ether oxygens (including phenoxy) is 1. The zero-order valence-corrected chi connectivity index (χ0v) is 16.2. The lowest BCUT2D eigenvalue weighted by molar-refractivity contribution is -0.0500. The lowest BCUT2D eigenvalue weighted by atomic mass is 10.1. The minimum Gasteiger partial charge on any atom is -0.461 e. The summed E-state index contributed by atoms with van der Waals surface area (Å²) in [6.07, 6.45) is 1.59. The maximum Gasteiger partial charge on any atom is 0.534 e. The van der Waals surface area contributed by atoms with Crippen molar-refractivity contribution < 1.29 is 35.3 Å². The van der Waals surface area contributed by atoms with Gasteiger partial charge in [-0.2, -0.15) is 21.6 Å². The van der Waals surface area contributed by atoms with Crippen molar-refractivity contribution in [3.8, 4) is 5.75 Å². The minimum absolute atomic E-state index is 0.155. The molecule has 2 aromatic heterocycles. The predicted octanol–water partition coefficient (Wildman–Crippen LogP) is 3.04. The number of nitrogens with zero attached hydrogens (tertiary/aromatic N) is 2. The van der Waals surface area contributed by atoms with Crippen LogP contribution in [0.25, 0.3) is 16.4 Å². The summed E-state index contributed by atoms with van der Waals surface area (Å²) in [5.41, 5.74) is -4.56. The van der Waals surface area contributed by atoms with Gasteiger partial charge in [0.2, 0.25) is 0 Å². The number of likely N-dealkylation sites (N-methyl/N-ethyl adjacent to an activating group) is 1. The normalized spacial score (nSPS) is 12.6. The van der Waals surface area contributed by atoms with Gasteiger partial charge >= 0.3 is 21.6 Å². The van der Waals surface area contributed by atoms with Crippen molar-refractivity contribution in [3.05, 3.63) is 48.2 Å². The molecule has 0 amide bonds. The number of carbonyl (C=O) groups excluding carboxylic acids is 1. The molecule has 2 heterocycles. The Balaban J connectivity index is 2.06. The van der Waals surface area contributed by atoms with Crippen LogP contribution in [0.15, 0.2) is 42.6 Å². The Morgan fingerprint density at radius 2 is 1.86 bits per heavy atom. The van der Waals surface area contributed by atoms with E-state index in [2.05, 4.69) is 4.18 Å². The third-order valence-electron chi connectivity index (χ3n) is 4.08. The van der Waals surface area contributed by atoms with Crippen molar-refractivity contribution in [2.45, 2.75) is 5.51 Å². The number of hydrogen-bond acceptors (Lipinski definition) is 6. The first kappa shape index (κ1) is 20.9. The molecule has 7 nitrogen and oxygen atoms in total. The van der Waals surface area contributed by atoms with Gasteiger partial charge in [0, 0.05) is 24.2 Å². The van der Waals surface area contributed by atoms with E-state index in [-0.39, 0.29) is 12.2 Å². The van der Waals surface area contributed by atoms with Crippen LogP contribution in [0.3, 0.4) is 0 Å². The molecule has 0 radical (unpaired) electrons. The van der Waals surface area contributed by atoms with Gasteiger partial charge in [-0.3, -0.25) is 0 Å². The summed E-state index contributed by atoms with van der Waals surface area (Å²) < 4.78 is 71.4. The van der Waals surface area contributed by atoms with Crippen LogP contribution in [-0.4, -0.2) is 56.4 Å². The molecule has 11 heteroatoms. The molecule has 3 rings (SSSR count). The summed E-state index contributed by atoms with van der Waals surface area (Å²) in [5.74, 6) is -1.12. The van der Waals surface area contributed by atoms with Crippen LogP contribution < -0.4 is 4.18 Å².